The second kappa shape index (κ2) is 9.03. The van der Waals surface area contributed by atoms with Gasteiger partial charge < -0.3 is 4.74 Å². The molecule has 2 N–H and O–H groups in total. The Bertz CT molecular complexity index is 1000. The zero-order chi connectivity index (χ0) is 21.9. The first-order valence-electron chi connectivity index (χ1n) is 10.1. The Kier molecular flexibility index (Phi) is 6.84. The third kappa shape index (κ3) is 5.59. The summed E-state index contributed by atoms with van der Waals surface area (Å²) in [5.74, 6) is 0.450. The molecule has 1 aliphatic rings. The first-order chi connectivity index (χ1) is 14.1. The summed E-state index contributed by atoms with van der Waals surface area (Å²) in [6.45, 7) is 5.36. The lowest BCUT2D eigenvalue weighted by molar-refractivity contribution is 0.187. The van der Waals surface area contributed by atoms with Gasteiger partial charge in [0.25, 0.3) is 0 Å². The van der Waals surface area contributed by atoms with Crippen LogP contribution in [-0.4, -0.2) is 32.1 Å². The fourth-order valence-electron chi connectivity index (χ4n) is 3.60. The number of nitrogens with zero attached hydrogens (tertiary/aromatic N) is 1. The number of benzene rings is 1. The van der Waals surface area contributed by atoms with Gasteiger partial charge in [-0.15, -0.1) is 11.3 Å². The zero-order valence-corrected chi connectivity index (χ0v) is 19.5. The normalized spacial score (nSPS) is 15.7. The highest BCUT2D eigenvalue weighted by Crippen LogP contribution is 2.39. The Hall–Kier alpha value is -1.97. The van der Waals surface area contributed by atoms with Crippen molar-refractivity contribution in [3.8, 4) is 10.4 Å². The van der Waals surface area contributed by atoms with Crippen LogP contribution < -0.4 is 10.0 Å². The Labute approximate surface area is 182 Å². The lowest BCUT2D eigenvalue weighted by Gasteiger charge is -2.22. The summed E-state index contributed by atoms with van der Waals surface area (Å²) in [7, 11) is -2.58. The number of carbonyl (C=O) groups is 1. The van der Waals surface area contributed by atoms with E-state index in [4.69, 9.17) is 0 Å². The molecule has 0 spiro atoms. The molecule has 2 aromatic rings. The molecule has 30 heavy (non-hydrogen) atoms. The maximum atomic E-state index is 13.2. The average Bonchev–Trinajstić information content (AvgIpc) is 3.17. The maximum Gasteiger partial charge on any atom is 0.411 e. The largest absolute Gasteiger partial charge is 0.453 e. The average molecular weight is 452 g/mol. The van der Waals surface area contributed by atoms with Gasteiger partial charge in [-0.2, -0.15) is 0 Å². The third-order valence-corrected chi connectivity index (χ3v) is 7.88. The SMILES string of the molecule is COC(=O)Nc1ccc(-c2cnc(C3CCCCC3)s2)c(S(=O)(=O)NC(C)(C)C)c1. The fourth-order valence-corrected chi connectivity index (χ4v) is 6.46. The standard InChI is InChI=1S/C21H29N3O4S2/c1-21(2,3)24-30(26,27)18-12-15(23-20(25)28-4)10-11-16(18)17-13-22-19(29-17)14-8-6-5-7-9-14/h10-14,24H,5-9H2,1-4H3,(H,23,25). The summed E-state index contributed by atoms with van der Waals surface area (Å²) in [5.41, 5.74) is 0.265. The van der Waals surface area contributed by atoms with E-state index in [0.717, 1.165) is 22.7 Å². The molecular weight excluding hydrogens is 422 g/mol. The van der Waals surface area contributed by atoms with Crippen molar-refractivity contribution in [3.63, 3.8) is 0 Å². The van der Waals surface area contributed by atoms with Crippen LogP contribution in [0.3, 0.4) is 0 Å². The molecule has 0 unspecified atom stereocenters. The third-order valence-electron chi connectivity index (χ3n) is 4.89. The first kappa shape index (κ1) is 22.7. The number of hydrogen-bond donors (Lipinski definition) is 2. The van der Waals surface area contributed by atoms with Gasteiger partial charge in [0, 0.05) is 28.9 Å². The van der Waals surface area contributed by atoms with Crippen molar-refractivity contribution in [1.29, 1.82) is 0 Å². The summed E-state index contributed by atoms with van der Waals surface area (Å²) in [4.78, 5) is 17.1. The van der Waals surface area contributed by atoms with Gasteiger partial charge in [-0.1, -0.05) is 25.3 Å². The van der Waals surface area contributed by atoms with Crippen LogP contribution >= 0.6 is 11.3 Å². The minimum atomic E-state index is -3.84. The number of rotatable bonds is 5. The molecule has 1 saturated carbocycles. The summed E-state index contributed by atoms with van der Waals surface area (Å²) in [6.07, 6.45) is 7.05. The van der Waals surface area contributed by atoms with Gasteiger partial charge in [0.1, 0.15) is 0 Å². The van der Waals surface area contributed by atoms with Crippen molar-refractivity contribution in [2.24, 2.45) is 0 Å². The van der Waals surface area contributed by atoms with Crippen LogP contribution in [-0.2, 0) is 14.8 Å². The van der Waals surface area contributed by atoms with E-state index >= 15 is 0 Å². The zero-order valence-electron chi connectivity index (χ0n) is 17.8. The van der Waals surface area contributed by atoms with Gasteiger partial charge in [-0.05, 0) is 45.7 Å². The van der Waals surface area contributed by atoms with E-state index in [0.29, 0.717) is 17.2 Å². The minimum absolute atomic E-state index is 0.102. The van der Waals surface area contributed by atoms with Gasteiger partial charge in [0.2, 0.25) is 10.0 Å². The number of amides is 1. The van der Waals surface area contributed by atoms with E-state index in [-0.39, 0.29) is 4.90 Å². The van der Waals surface area contributed by atoms with Gasteiger partial charge in [0.05, 0.1) is 21.9 Å². The summed E-state index contributed by atoms with van der Waals surface area (Å²) < 4.78 is 33.7. The molecule has 9 heteroatoms. The molecule has 0 aliphatic heterocycles. The van der Waals surface area contributed by atoms with E-state index in [1.807, 2.05) is 0 Å². The van der Waals surface area contributed by atoms with Crippen molar-refractivity contribution in [2.45, 2.75) is 69.2 Å². The quantitative estimate of drug-likeness (QED) is 0.658. The van der Waals surface area contributed by atoms with Crippen LogP contribution in [0, 0.1) is 0 Å². The van der Waals surface area contributed by atoms with E-state index in [9.17, 15) is 13.2 Å². The predicted molar refractivity (Wildman–Crippen MR) is 119 cm³/mol. The predicted octanol–water partition coefficient (Wildman–Crippen LogP) is 5.11. The van der Waals surface area contributed by atoms with Crippen molar-refractivity contribution in [2.75, 3.05) is 12.4 Å². The minimum Gasteiger partial charge on any atom is -0.453 e. The summed E-state index contributed by atoms with van der Waals surface area (Å²) >= 11 is 1.55. The van der Waals surface area contributed by atoms with E-state index in [2.05, 4.69) is 19.8 Å². The van der Waals surface area contributed by atoms with E-state index < -0.39 is 21.7 Å². The Morgan fingerprint density at radius 3 is 2.53 bits per heavy atom. The maximum absolute atomic E-state index is 13.2. The van der Waals surface area contributed by atoms with Crippen LogP contribution in [0.2, 0.25) is 0 Å². The van der Waals surface area contributed by atoms with E-state index in [1.165, 1.54) is 32.4 Å². The monoisotopic (exact) mass is 451 g/mol. The Morgan fingerprint density at radius 2 is 1.90 bits per heavy atom. The van der Waals surface area contributed by atoms with E-state index in [1.54, 1.807) is 50.4 Å². The Morgan fingerprint density at radius 1 is 1.20 bits per heavy atom. The number of anilines is 1. The summed E-state index contributed by atoms with van der Waals surface area (Å²) in [6, 6.07) is 4.84. The number of sulfonamides is 1. The molecule has 1 fully saturated rings. The molecule has 0 bridgehead atoms. The molecule has 3 rings (SSSR count). The summed E-state index contributed by atoms with van der Waals surface area (Å²) in [5, 5.41) is 3.60. The number of aromatic nitrogens is 1. The van der Waals surface area contributed by atoms with Gasteiger partial charge in [0.15, 0.2) is 0 Å². The van der Waals surface area contributed by atoms with Crippen molar-refractivity contribution in [3.05, 3.63) is 29.4 Å². The molecule has 0 atom stereocenters. The van der Waals surface area contributed by atoms with Crippen LogP contribution in [0.25, 0.3) is 10.4 Å². The highest BCUT2D eigenvalue weighted by atomic mass is 32.2. The van der Waals surface area contributed by atoms with Crippen molar-refractivity contribution in [1.82, 2.24) is 9.71 Å². The van der Waals surface area contributed by atoms with Crippen molar-refractivity contribution >= 4 is 33.1 Å². The molecule has 1 heterocycles. The van der Waals surface area contributed by atoms with Crippen molar-refractivity contribution < 1.29 is 17.9 Å². The molecule has 7 nitrogen and oxygen atoms in total. The fraction of sp³-hybridized carbons (Fsp3) is 0.524. The number of methoxy groups -OCH3 is 1. The molecule has 1 aromatic carbocycles. The molecule has 1 amide bonds. The molecule has 0 radical (unpaired) electrons. The highest BCUT2D eigenvalue weighted by molar-refractivity contribution is 7.89. The molecule has 164 valence electrons. The number of hydrogen-bond acceptors (Lipinski definition) is 6. The lowest BCUT2D eigenvalue weighted by atomic mass is 9.90. The topological polar surface area (TPSA) is 97.4 Å². The molecule has 0 saturated heterocycles. The second-order valence-electron chi connectivity index (χ2n) is 8.58. The van der Waals surface area contributed by atoms with Crippen LogP contribution in [0.5, 0.6) is 0 Å². The number of ether oxygens (including phenoxy) is 1. The lowest BCUT2D eigenvalue weighted by Crippen LogP contribution is -2.40. The highest BCUT2D eigenvalue weighted by Gasteiger charge is 2.27. The molecule has 1 aromatic heterocycles. The molecular formula is C21H29N3O4S2. The smallest absolute Gasteiger partial charge is 0.411 e. The number of carbonyl (C=O) groups excluding carboxylic acids is 1. The second-order valence-corrected chi connectivity index (χ2v) is 11.3. The van der Waals surface area contributed by atoms with Crippen LogP contribution in [0.15, 0.2) is 29.3 Å². The van der Waals surface area contributed by atoms with Gasteiger partial charge >= 0.3 is 6.09 Å². The van der Waals surface area contributed by atoms with Crippen LogP contribution in [0.1, 0.15) is 63.8 Å². The Balaban J connectivity index is 2.03. The van der Waals surface area contributed by atoms with Gasteiger partial charge in [-0.25, -0.2) is 22.9 Å². The van der Waals surface area contributed by atoms with Crippen LogP contribution in [0.4, 0.5) is 10.5 Å². The first-order valence-corrected chi connectivity index (χ1v) is 12.4. The number of nitrogens with one attached hydrogen (secondary N) is 2. The van der Waals surface area contributed by atoms with Gasteiger partial charge in [-0.3, -0.25) is 5.32 Å². The molecule has 1 aliphatic carbocycles. The number of thiazole rings is 1.